The van der Waals surface area contributed by atoms with Gasteiger partial charge in [-0.2, -0.15) is 25.3 Å². The third-order valence-electron chi connectivity index (χ3n) is 1.70. The molecule has 0 bridgehead atoms. The van der Waals surface area contributed by atoms with Crippen LogP contribution in [0, 0.1) is 0 Å². The molecule has 2 N–H and O–H groups in total. The lowest BCUT2D eigenvalue weighted by Gasteiger charge is -1.99. The summed E-state index contributed by atoms with van der Waals surface area (Å²) in [7, 11) is 0. The lowest BCUT2D eigenvalue weighted by Crippen LogP contribution is -2.19. The molecule has 3 heteroatoms. The Kier molecular flexibility index (Phi) is 22.4. The summed E-state index contributed by atoms with van der Waals surface area (Å²) in [5.74, 6) is 0.802. The highest BCUT2D eigenvalue weighted by Crippen LogP contribution is 2.02. The van der Waals surface area contributed by atoms with Gasteiger partial charge in [0.05, 0.1) is 0 Å². The van der Waals surface area contributed by atoms with Crippen molar-refractivity contribution in [1.82, 2.24) is 0 Å². The average Bonchev–Trinajstić information content (AvgIpc) is 2.16. The van der Waals surface area contributed by atoms with Gasteiger partial charge in [-0.1, -0.05) is 28.2 Å². The van der Waals surface area contributed by atoms with Gasteiger partial charge in [0.25, 0.3) is 0 Å². The summed E-state index contributed by atoms with van der Waals surface area (Å²) in [5.41, 5.74) is 5.40. The molecule has 13 heavy (non-hydrogen) atoms. The van der Waals surface area contributed by atoms with Gasteiger partial charge in [0.2, 0.25) is 0 Å². The van der Waals surface area contributed by atoms with E-state index in [2.05, 4.69) is 46.0 Å². The van der Waals surface area contributed by atoms with Gasteiger partial charge in [-0.3, -0.25) is 0 Å². The van der Waals surface area contributed by atoms with E-state index in [9.17, 15) is 0 Å². The SMILES string of the molecule is C.CCC(N)CS.CCC(S)CC. The van der Waals surface area contributed by atoms with E-state index in [0.29, 0.717) is 11.3 Å². The highest BCUT2D eigenvalue weighted by atomic mass is 32.1. The molecule has 0 aliphatic heterocycles. The lowest BCUT2D eigenvalue weighted by molar-refractivity contribution is 0.727. The van der Waals surface area contributed by atoms with Crippen LogP contribution in [-0.4, -0.2) is 17.0 Å². The van der Waals surface area contributed by atoms with Gasteiger partial charge in [-0.15, -0.1) is 0 Å². The van der Waals surface area contributed by atoms with Crippen LogP contribution in [0.5, 0.6) is 0 Å². The minimum absolute atomic E-state index is 0. The molecule has 1 atom stereocenters. The molecule has 0 spiro atoms. The topological polar surface area (TPSA) is 26.0 Å². The smallest absolute Gasteiger partial charge is 0.0125 e. The number of hydrogen-bond donors (Lipinski definition) is 3. The highest BCUT2D eigenvalue weighted by molar-refractivity contribution is 7.81. The van der Waals surface area contributed by atoms with Crippen LogP contribution in [0.3, 0.4) is 0 Å². The van der Waals surface area contributed by atoms with Gasteiger partial charge < -0.3 is 5.73 Å². The summed E-state index contributed by atoms with van der Waals surface area (Å²) in [6.45, 7) is 6.36. The Morgan fingerprint density at radius 2 is 1.46 bits per heavy atom. The molecule has 0 saturated carbocycles. The molecule has 0 aromatic heterocycles. The first-order valence-corrected chi connectivity index (χ1v) is 5.81. The zero-order valence-electron chi connectivity index (χ0n) is 8.45. The third kappa shape index (κ3) is 19.2. The predicted octanol–water partition coefficient (Wildman–Crippen LogP) is 3.39. The van der Waals surface area contributed by atoms with E-state index >= 15 is 0 Å². The van der Waals surface area contributed by atoms with Crippen molar-refractivity contribution in [3.8, 4) is 0 Å². The first-order chi connectivity index (χ1) is 5.62. The summed E-state index contributed by atoms with van der Waals surface area (Å²) in [4.78, 5) is 0. The maximum absolute atomic E-state index is 5.40. The van der Waals surface area contributed by atoms with Crippen LogP contribution < -0.4 is 5.73 Å². The number of hydrogen-bond acceptors (Lipinski definition) is 3. The average molecular weight is 225 g/mol. The Morgan fingerprint density at radius 1 is 1.08 bits per heavy atom. The maximum atomic E-state index is 5.40. The van der Waals surface area contributed by atoms with Crippen molar-refractivity contribution in [3.63, 3.8) is 0 Å². The van der Waals surface area contributed by atoms with E-state index in [-0.39, 0.29) is 7.43 Å². The fourth-order valence-electron chi connectivity index (χ4n) is 0.418. The van der Waals surface area contributed by atoms with Crippen molar-refractivity contribution in [1.29, 1.82) is 0 Å². The van der Waals surface area contributed by atoms with E-state index in [1.54, 1.807) is 0 Å². The van der Waals surface area contributed by atoms with Crippen molar-refractivity contribution in [2.24, 2.45) is 5.73 Å². The van der Waals surface area contributed by atoms with Crippen molar-refractivity contribution in [3.05, 3.63) is 0 Å². The van der Waals surface area contributed by atoms with E-state index in [1.165, 1.54) is 12.8 Å². The molecule has 0 heterocycles. The highest BCUT2D eigenvalue weighted by Gasteiger charge is 1.90. The lowest BCUT2D eigenvalue weighted by atomic mass is 10.3. The molecule has 1 nitrogen and oxygen atoms in total. The fourth-order valence-corrected chi connectivity index (χ4v) is 0.676. The van der Waals surface area contributed by atoms with Gasteiger partial charge in [-0.05, 0) is 19.3 Å². The Labute approximate surface area is 95.7 Å². The van der Waals surface area contributed by atoms with E-state index in [4.69, 9.17) is 5.73 Å². The Bertz CT molecular complexity index is 61.3. The molecule has 0 radical (unpaired) electrons. The summed E-state index contributed by atoms with van der Waals surface area (Å²) in [5, 5.41) is 0.630. The normalized spacial score (nSPS) is 11.3. The number of nitrogens with two attached hydrogens (primary N) is 1. The molecule has 0 rings (SSSR count). The number of rotatable bonds is 4. The summed E-state index contributed by atoms with van der Waals surface area (Å²) in [6.07, 6.45) is 3.42. The van der Waals surface area contributed by atoms with Crippen LogP contribution >= 0.6 is 25.3 Å². The zero-order chi connectivity index (χ0) is 9.98. The van der Waals surface area contributed by atoms with Crippen LogP contribution in [0.4, 0.5) is 0 Å². The molecule has 84 valence electrons. The predicted molar refractivity (Wildman–Crippen MR) is 72.2 cm³/mol. The second-order valence-corrected chi connectivity index (χ2v) is 3.92. The molecule has 0 amide bonds. The molecule has 0 aromatic carbocycles. The molecule has 0 aliphatic carbocycles. The first kappa shape index (κ1) is 19.3. The molecule has 0 fully saturated rings. The Hall–Kier alpha value is 0.660. The van der Waals surface area contributed by atoms with Crippen LogP contribution in [-0.2, 0) is 0 Å². The van der Waals surface area contributed by atoms with Crippen LogP contribution in [0.1, 0.15) is 47.5 Å². The van der Waals surface area contributed by atoms with Gasteiger partial charge >= 0.3 is 0 Å². The van der Waals surface area contributed by atoms with Gasteiger partial charge in [-0.25, -0.2) is 0 Å². The van der Waals surface area contributed by atoms with Crippen LogP contribution in [0.25, 0.3) is 0 Å². The Balaban J connectivity index is -0.000000143. The minimum atomic E-state index is 0. The minimum Gasteiger partial charge on any atom is -0.327 e. The molecule has 0 aromatic rings. The fraction of sp³-hybridized carbons (Fsp3) is 1.00. The third-order valence-corrected chi connectivity index (χ3v) is 2.90. The van der Waals surface area contributed by atoms with Crippen LogP contribution in [0.2, 0.25) is 0 Å². The summed E-state index contributed by atoms with van der Waals surface area (Å²) >= 11 is 8.20. The van der Waals surface area contributed by atoms with Gasteiger partial charge in [0.15, 0.2) is 0 Å². The van der Waals surface area contributed by atoms with Crippen molar-refractivity contribution in [2.45, 2.75) is 58.8 Å². The molecule has 0 saturated heterocycles. The van der Waals surface area contributed by atoms with E-state index in [0.717, 1.165) is 12.2 Å². The monoisotopic (exact) mass is 225 g/mol. The van der Waals surface area contributed by atoms with Crippen molar-refractivity contribution >= 4 is 25.3 Å². The molecular formula is C10H27NS2. The van der Waals surface area contributed by atoms with E-state index < -0.39 is 0 Å². The Morgan fingerprint density at radius 3 is 1.46 bits per heavy atom. The quantitative estimate of drug-likeness (QED) is 0.628. The largest absolute Gasteiger partial charge is 0.327 e. The molecular weight excluding hydrogens is 198 g/mol. The van der Waals surface area contributed by atoms with Crippen molar-refractivity contribution < 1.29 is 0 Å². The standard InChI is InChI=1S/C5H12S.C4H11NS.CH4/c1-3-5(6)4-2;1-2-4(5)3-6;/h5-6H,3-4H2,1-2H3;4,6H,2-3,5H2,1H3;1H4. The zero-order valence-corrected chi connectivity index (χ0v) is 10.2. The molecule has 0 aliphatic rings. The second kappa shape index (κ2) is 15.1. The van der Waals surface area contributed by atoms with Gasteiger partial charge in [0.1, 0.15) is 0 Å². The summed E-state index contributed by atoms with van der Waals surface area (Å²) in [6, 6.07) is 0.299. The van der Waals surface area contributed by atoms with Gasteiger partial charge in [0, 0.05) is 17.0 Å². The maximum Gasteiger partial charge on any atom is 0.0125 e. The van der Waals surface area contributed by atoms with Crippen molar-refractivity contribution in [2.75, 3.05) is 5.75 Å². The van der Waals surface area contributed by atoms with Crippen LogP contribution in [0.15, 0.2) is 0 Å². The first-order valence-electron chi connectivity index (χ1n) is 4.66. The van der Waals surface area contributed by atoms with E-state index in [1.807, 2.05) is 0 Å². The second-order valence-electron chi connectivity index (χ2n) is 2.82. The summed E-state index contributed by atoms with van der Waals surface area (Å²) < 4.78 is 0. The number of thiol groups is 2. The molecule has 1 unspecified atom stereocenters.